The topological polar surface area (TPSA) is 57.5 Å². The fraction of sp³-hybridized carbons (Fsp3) is 0.568. The molecule has 47 heavy (non-hydrogen) atoms. The largest absolute Gasteiger partial charge is 0.400 e. The molecule has 1 atom stereocenters. The van der Waals surface area contributed by atoms with Crippen molar-refractivity contribution >= 4 is 17.6 Å². The van der Waals surface area contributed by atoms with E-state index in [4.69, 9.17) is 9.90 Å². The van der Waals surface area contributed by atoms with E-state index in [2.05, 4.69) is 81.1 Å². The number of benzene rings is 3. The first-order chi connectivity index (χ1) is 23.0. The Hall–Kier alpha value is -2.75. The van der Waals surface area contributed by atoms with Crippen molar-refractivity contribution in [3.05, 3.63) is 95.1 Å². The molecule has 3 aromatic carbocycles. The molecule has 1 unspecified atom stereocenters. The van der Waals surface area contributed by atoms with Crippen molar-refractivity contribution in [1.29, 1.82) is 0 Å². The van der Waals surface area contributed by atoms with Gasteiger partial charge in [0.15, 0.2) is 0 Å². The molecule has 0 aromatic heterocycles. The van der Waals surface area contributed by atoms with E-state index in [1.807, 2.05) is 6.79 Å². The number of carbonyl (C=O) groups excluding carboxylic acids is 1. The van der Waals surface area contributed by atoms with Crippen molar-refractivity contribution in [3.8, 4) is 0 Å². The number of carbonyl (C=O) groups is 1. The molecule has 0 aliphatic heterocycles. The van der Waals surface area contributed by atoms with Crippen molar-refractivity contribution < 1.29 is 15.0 Å². The second-order valence-corrected chi connectivity index (χ2v) is 14.6. The van der Waals surface area contributed by atoms with Gasteiger partial charge in [0.25, 0.3) is 0 Å². The highest BCUT2D eigenvalue weighted by Gasteiger charge is 2.25. The molecule has 0 spiro atoms. The third-order valence-corrected chi connectivity index (χ3v) is 11.0. The van der Waals surface area contributed by atoms with Gasteiger partial charge < -0.3 is 15.0 Å². The fourth-order valence-electron chi connectivity index (χ4n) is 8.33. The van der Waals surface area contributed by atoms with Gasteiger partial charge in [-0.1, -0.05) is 112 Å². The highest BCUT2D eigenvalue weighted by atomic mass is 16.3. The van der Waals surface area contributed by atoms with Crippen LogP contribution in [0.2, 0.25) is 0 Å². The Balaban J connectivity index is 0.00000144. The van der Waals surface area contributed by atoms with Gasteiger partial charge in [-0.25, -0.2) is 0 Å². The van der Waals surface area contributed by atoms with Crippen LogP contribution in [0.3, 0.4) is 0 Å². The molecule has 0 bridgehead atoms. The van der Waals surface area contributed by atoms with Crippen LogP contribution in [0.4, 0.5) is 0 Å². The standard InChI is InChI=1S/C42H58O.CH4O.CH2O/c1-4-5-6-7-34-16-19-42-29-41(25-24-40(42)28-34)39-22-20-38(21-23-39)37-17-14-33(15-18-37)9-8-32-10-12-35(13-11-32)27-36(30-43)26-31(2)3;2*1-2/h14-19,24-25,28-29,32,35-36,38-39,43H,2,4-13,20-23,26-27,30H2,1,3H3;2H,1H3;1H2. The Morgan fingerprint density at radius 2 is 1.28 bits per heavy atom. The van der Waals surface area contributed by atoms with E-state index in [-0.39, 0.29) is 0 Å². The molecule has 2 N–H and O–H groups in total. The Morgan fingerprint density at radius 1 is 0.723 bits per heavy atom. The summed E-state index contributed by atoms with van der Waals surface area (Å²) in [7, 11) is 1.00. The summed E-state index contributed by atoms with van der Waals surface area (Å²) in [6.07, 6.45) is 20.5. The van der Waals surface area contributed by atoms with Gasteiger partial charge >= 0.3 is 0 Å². The molecule has 2 aliphatic rings. The van der Waals surface area contributed by atoms with Crippen LogP contribution in [-0.2, 0) is 17.6 Å². The second-order valence-electron chi connectivity index (χ2n) is 14.6. The lowest BCUT2D eigenvalue weighted by atomic mass is 9.75. The Morgan fingerprint density at radius 3 is 1.89 bits per heavy atom. The molecule has 0 saturated heterocycles. The van der Waals surface area contributed by atoms with Crippen LogP contribution in [0.25, 0.3) is 10.8 Å². The van der Waals surface area contributed by atoms with Crippen LogP contribution >= 0.6 is 0 Å². The first kappa shape index (κ1) is 38.7. The van der Waals surface area contributed by atoms with E-state index in [9.17, 15) is 5.11 Å². The minimum Gasteiger partial charge on any atom is -0.400 e. The third kappa shape index (κ3) is 12.3. The lowest BCUT2D eigenvalue weighted by Gasteiger charge is -2.31. The maximum Gasteiger partial charge on any atom is 0.106 e. The molecule has 2 aliphatic carbocycles. The molecule has 0 radical (unpaired) electrons. The maximum atomic E-state index is 9.75. The van der Waals surface area contributed by atoms with Gasteiger partial charge in [0, 0.05) is 13.7 Å². The highest BCUT2D eigenvalue weighted by Crippen LogP contribution is 2.41. The summed E-state index contributed by atoms with van der Waals surface area (Å²) in [6.45, 7) is 10.7. The zero-order chi connectivity index (χ0) is 34.0. The lowest BCUT2D eigenvalue weighted by Crippen LogP contribution is -2.19. The van der Waals surface area contributed by atoms with E-state index in [1.165, 1.54) is 124 Å². The smallest absolute Gasteiger partial charge is 0.106 e. The molecule has 3 aromatic rings. The molecule has 0 amide bonds. The van der Waals surface area contributed by atoms with Gasteiger partial charge in [0.2, 0.25) is 0 Å². The number of aliphatic hydroxyl groups is 2. The first-order valence-electron chi connectivity index (χ1n) is 18.6. The molecular formula is C44H64O3. The average Bonchev–Trinajstić information content (AvgIpc) is 3.12. The van der Waals surface area contributed by atoms with Crippen LogP contribution in [-0.4, -0.2) is 30.7 Å². The molecular weight excluding hydrogens is 576 g/mol. The maximum absolute atomic E-state index is 9.75. The number of aryl methyl sites for hydroxylation is 2. The highest BCUT2D eigenvalue weighted by molar-refractivity contribution is 5.84. The number of hydrogen-bond donors (Lipinski definition) is 2. The van der Waals surface area contributed by atoms with E-state index in [0.717, 1.165) is 31.3 Å². The molecule has 2 fully saturated rings. The molecule has 3 nitrogen and oxygen atoms in total. The monoisotopic (exact) mass is 640 g/mol. The van der Waals surface area contributed by atoms with Gasteiger partial charge in [-0.05, 0) is 134 Å². The summed E-state index contributed by atoms with van der Waals surface area (Å²) in [5.41, 5.74) is 7.33. The van der Waals surface area contributed by atoms with Crippen LogP contribution in [0.5, 0.6) is 0 Å². The Kier molecular flexibility index (Phi) is 17.5. The van der Waals surface area contributed by atoms with Crippen molar-refractivity contribution in [2.45, 2.75) is 128 Å². The SMILES string of the molecule is C=C(C)CC(CO)CC1CCC(CCc2ccc(C3CCC(c4ccc5cc(CCCCC)ccc5c4)CC3)cc2)CC1.C=O.CO. The summed E-state index contributed by atoms with van der Waals surface area (Å²) >= 11 is 0. The van der Waals surface area contributed by atoms with Crippen LogP contribution < -0.4 is 0 Å². The molecule has 3 heteroatoms. The normalized spacial score (nSPS) is 21.6. The number of allylic oxidation sites excluding steroid dienone is 1. The van der Waals surface area contributed by atoms with E-state index in [0.29, 0.717) is 18.4 Å². The molecule has 258 valence electrons. The van der Waals surface area contributed by atoms with Gasteiger partial charge in [0.05, 0.1) is 0 Å². The summed E-state index contributed by atoms with van der Waals surface area (Å²) in [6, 6.07) is 24.2. The third-order valence-electron chi connectivity index (χ3n) is 11.0. The summed E-state index contributed by atoms with van der Waals surface area (Å²) < 4.78 is 0. The zero-order valence-corrected chi connectivity index (χ0v) is 29.9. The minimum absolute atomic E-state index is 0.314. The molecule has 0 heterocycles. The molecule has 2 saturated carbocycles. The predicted molar refractivity (Wildman–Crippen MR) is 201 cm³/mol. The van der Waals surface area contributed by atoms with Crippen molar-refractivity contribution in [3.63, 3.8) is 0 Å². The number of rotatable bonds is 14. The van der Waals surface area contributed by atoms with E-state index in [1.54, 1.807) is 11.1 Å². The molecule has 5 rings (SSSR count). The van der Waals surface area contributed by atoms with Gasteiger partial charge in [0.1, 0.15) is 6.79 Å². The number of hydrogen-bond acceptors (Lipinski definition) is 3. The van der Waals surface area contributed by atoms with Crippen LogP contribution in [0.15, 0.2) is 72.8 Å². The average molecular weight is 641 g/mol. The Bertz CT molecular complexity index is 1300. The number of unbranched alkanes of at least 4 members (excludes halogenated alkanes) is 2. The quantitative estimate of drug-likeness (QED) is 0.136. The van der Waals surface area contributed by atoms with Crippen molar-refractivity contribution in [1.82, 2.24) is 0 Å². The van der Waals surface area contributed by atoms with Crippen molar-refractivity contribution in [2.75, 3.05) is 13.7 Å². The lowest BCUT2D eigenvalue weighted by molar-refractivity contribution is -0.0980. The van der Waals surface area contributed by atoms with E-state index < -0.39 is 0 Å². The predicted octanol–water partition coefficient (Wildman–Crippen LogP) is 11.1. The minimum atomic E-state index is 0.314. The zero-order valence-electron chi connectivity index (χ0n) is 29.9. The van der Waals surface area contributed by atoms with Crippen molar-refractivity contribution in [2.24, 2.45) is 17.8 Å². The fourth-order valence-corrected chi connectivity index (χ4v) is 8.33. The number of fused-ring (bicyclic) bond motifs is 1. The van der Waals surface area contributed by atoms with Gasteiger partial charge in [-0.2, -0.15) is 0 Å². The van der Waals surface area contributed by atoms with Crippen LogP contribution in [0.1, 0.15) is 138 Å². The Labute approximate surface area is 286 Å². The van der Waals surface area contributed by atoms with Crippen LogP contribution in [0, 0.1) is 17.8 Å². The summed E-state index contributed by atoms with van der Waals surface area (Å²) in [4.78, 5) is 8.00. The summed E-state index contributed by atoms with van der Waals surface area (Å²) in [5.74, 6) is 3.53. The summed E-state index contributed by atoms with van der Waals surface area (Å²) in [5, 5.41) is 19.6. The number of aliphatic hydroxyl groups excluding tert-OH is 2. The van der Waals surface area contributed by atoms with E-state index >= 15 is 0 Å². The second kappa shape index (κ2) is 21.3. The first-order valence-corrected chi connectivity index (χ1v) is 18.6. The van der Waals surface area contributed by atoms with Gasteiger partial charge in [-0.15, -0.1) is 6.58 Å². The van der Waals surface area contributed by atoms with Gasteiger partial charge in [-0.3, -0.25) is 0 Å².